The van der Waals surface area contributed by atoms with E-state index in [1.807, 2.05) is 12.1 Å². The molecule has 0 aliphatic carbocycles. The number of nitrogens with one attached hydrogen (secondary N) is 1. The number of methoxy groups -OCH3 is 2. The highest BCUT2D eigenvalue weighted by Crippen LogP contribution is 2.17. The lowest BCUT2D eigenvalue weighted by Gasteiger charge is -2.11. The number of benzene rings is 2. The quantitative estimate of drug-likeness (QED) is 0.682. The zero-order chi connectivity index (χ0) is 19.9. The molecule has 0 fully saturated rings. The third kappa shape index (κ3) is 4.50. The van der Waals surface area contributed by atoms with Crippen LogP contribution in [-0.2, 0) is 6.61 Å². The van der Waals surface area contributed by atoms with Gasteiger partial charge in [0.2, 0.25) is 0 Å². The fraction of sp³-hybridized carbons (Fsp3) is 0.143. The number of anilines is 1. The molecule has 0 atom stereocenters. The Bertz CT molecular complexity index is 1010. The standard InChI is InChI=1S/C21H20N2O5/c1-26-17-10-8-15(9-11-17)14-28-23-12-4-7-19(21(23)25)20(24)22-16-5-3-6-18(13-16)27-2/h3-13H,14H2,1-2H3,(H,22,24). The number of amides is 1. The first-order valence-electron chi connectivity index (χ1n) is 8.54. The van der Waals surface area contributed by atoms with Gasteiger partial charge in [-0.15, -0.1) is 0 Å². The molecular formula is C21H20N2O5. The third-order valence-corrected chi connectivity index (χ3v) is 4.02. The van der Waals surface area contributed by atoms with Gasteiger partial charge >= 0.3 is 0 Å². The van der Waals surface area contributed by atoms with Gasteiger partial charge in [-0.05, 0) is 42.0 Å². The van der Waals surface area contributed by atoms with Crippen LogP contribution in [0, 0.1) is 0 Å². The molecule has 7 nitrogen and oxygen atoms in total. The first-order chi connectivity index (χ1) is 13.6. The Morgan fingerprint density at radius 3 is 2.43 bits per heavy atom. The van der Waals surface area contributed by atoms with Gasteiger partial charge in [0.05, 0.1) is 14.2 Å². The van der Waals surface area contributed by atoms with Crippen molar-refractivity contribution in [2.24, 2.45) is 0 Å². The van der Waals surface area contributed by atoms with E-state index in [0.717, 1.165) is 16.0 Å². The van der Waals surface area contributed by atoms with Crippen LogP contribution in [0.15, 0.2) is 71.7 Å². The van der Waals surface area contributed by atoms with Gasteiger partial charge in [-0.2, -0.15) is 4.73 Å². The van der Waals surface area contributed by atoms with E-state index in [1.54, 1.807) is 49.6 Å². The van der Waals surface area contributed by atoms with Crippen molar-refractivity contribution in [2.75, 3.05) is 19.5 Å². The molecule has 0 saturated heterocycles. The molecule has 3 aromatic rings. The van der Waals surface area contributed by atoms with E-state index < -0.39 is 11.5 Å². The van der Waals surface area contributed by atoms with Gasteiger partial charge in [0.15, 0.2) is 0 Å². The molecule has 1 heterocycles. The minimum Gasteiger partial charge on any atom is -0.497 e. The summed E-state index contributed by atoms with van der Waals surface area (Å²) < 4.78 is 11.3. The summed E-state index contributed by atoms with van der Waals surface area (Å²) in [5, 5.41) is 2.69. The Kier molecular flexibility index (Phi) is 5.96. The Morgan fingerprint density at radius 1 is 0.964 bits per heavy atom. The summed E-state index contributed by atoms with van der Waals surface area (Å²) in [5.41, 5.74) is 0.814. The van der Waals surface area contributed by atoms with E-state index >= 15 is 0 Å². The Balaban J connectivity index is 1.72. The molecular weight excluding hydrogens is 360 g/mol. The highest BCUT2D eigenvalue weighted by molar-refractivity contribution is 6.04. The molecule has 0 radical (unpaired) electrons. The summed E-state index contributed by atoms with van der Waals surface area (Å²) in [6.07, 6.45) is 1.47. The van der Waals surface area contributed by atoms with Crippen LogP contribution in [-0.4, -0.2) is 24.9 Å². The monoisotopic (exact) mass is 380 g/mol. The van der Waals surface area contributed by atoms with Crippen molar-refractivity contribution >= 4 is 11.6 Å². The van der Waals surface area contributed by atoms with Crippen LogP contribution in [0.2, 0.25) is 0 Å². The van der Waals surface area contributed by atoms with Gasteiger partial charge in [0, 0.05) is 18.0 Å². The summed E-state index contributed by atoms with van der Waals surface area (Å²) in [5.74, 6) is 0.809. The molecule has 2 aromatic carbocycles. The van der Waals surface area contributed by atoms with Crippen LogP contribution in [0.25, 0.3) is 0 Å². The van der Waals surface area contributed by atoms with Crippen LogP contribution >= 0.6 is 0 Å². The largest absolute Gasteiger partial charge is 0.497 e. The van der Waals surface area contributed by atoms with Crippen molar-refractivity contribution in [3.8, 4) is 11.5 Å². The summed E-state index contributed by atoms with van der Waals surface area (Å²) in [6.45, 7) is 0.171. The zero-order valence-electron chi connectivity index (χ0n) is 15.5. The van der Waals surface area contributed by atoms with Gasteiger partial charge in [-0.3, -0.25) is 9.59 Å². The smallest absolute Gasteiger partial charge is 0.295 e. The first kappa shape index (κ1) is 19.0. The molecule has 3 rings (SSSR count). The highest BCUT2D eigenvalue weighted by Gasteiger charge is 2.13. The molecule has 1 amide bonds. The Morgan fingerprint density at radius 2 is 1.71 bits per heavy atom. The van der Waals surface area contributed by atoms with E-state index in [2.05, 4.69) is 5.32 Å². The van der Waals surface area contributed by atoms with Crippen molar-refractivity contribution in [1.82, 2.24) is 4.73 Å². The van der Waals surface area contributed by atoms with Crippen molar-refractivity contribution in [1.29, 1.82) is 0 Å². The number of carbonyl (C=O) groups is 1. The Hall–Kier alpha value is -3.74. The topological polar surface area (TPSA) is 78.8 Å². The number of rotatable bonds is 7. The van der Waals surface area contributed by atoms with Crippen LogP contribution in [0.4, 0.5) is 5.69 Å². The van der Waals surface area contributed by atoms with Gasteiger partial charge in [-0.1, -0.05) is 18.2 Å². The highest BCUT2D eigenvalue weighted by atomic mass is 16.7. The predicted molar refractivity (Wildman–Crippen MR) is 105 cm³/mol. The molecule has 144 valence electrons. The minimum atomic E-state index is -0.545. The average molecular weight is 380 g/mol. The third-order valence-electron chi connectivity index (χ3n) is 4.02. The molecule has 0 aliphatic heterocycles. The van der Waals surface area contributed by atoms with Crippen molar-refractivity contribution in [2.45, 2.75) is 6.61 Å². The minimum absolute atomic E-state index is 0.0277. The predicted octanol–water partition coefficient (Wildman–Crippen LogP) is 2.75. The van der Waals surface area contributed by atoms with Crippen molar-refractivity contribution < 1.29 is 19.1 Å². The molecule has 28 heavy (non-hydrogen) atoms. The molecule has 7 heteroatoms. The lowest BCUT2D eigenvalue weighted by Crippen LogP contribution is -2.32. The molecule has 1 N–H and O–H groups in total. The normalized spacial score (nSPS) is 10.2. The van der Waals surface area contributed by atoms with Crippen LogP contribution in [0.5, 0.6) is 11.5 Å². The molecule has 1 aromatic heterocycles. The van der Waals surface area contributed by atoms with Crippen LogP contribution in [0.3, 0.4) is 0 Å². The zero-order valence-corrected chi connectivity index (χ0v) is 15.5. The molecule has 0 bridgehead atoms. The number of pyridine rings is 1. The van der Waals surface area contributed by atoms with Gasteiger partial charge in [0.1, 0.15) is 23.7 Å². The van der Waals surface area contributed by atoms with E-state index in [9.17, 15) is 9.59 Å². The summed E-state index contributed by atoms with van der Waals surface area (Å²) in [7, 11) is 3.13. The average Bonchev–Trinajstić information content (AvgIpc) is 2.73. The molecule has 0 saturated carbocycles. The second kappa shape index (κ2) is 8.77. The number of hydrogen-bond acceptors (Lipinski definition) is 5. The summed E-state index contributed by atoms with van der Waals surface area (Å²) in [6, 6.07) is 17.2. The van der Waals surface area contributed by atoms with E-state index in [4.69, 9.17) is 14.3 Å². The van der Waals surface area contributed by atoms with Gasteiger partial charge < -0.3 is 19.6 Å². The lowest BCUT2D eigenvalue weighted by molar-refractivity contribution is 0.0863. The summed E-state index contributed by atoms with van der Waals surface area (Å²) >= 11 is 0. The number of carbonyl (C=O) groups excluding carboxylic acids is 1. The van der Waals surface area contributed by atoms with E-state index in [0.29, 0.717) is 11.4 Å². The second-order valence-corrected chi connectivity index (χ2v) is 5.86. The maximum atomic E-state index is 12.6. The Labute approximate surface area is 162 Å². The fourth-order valence-corrected chi connectivity index (χ4v) is 2.51. The van der Waals surface area contributed by atoms with E-state index in [-0.39, 0.29) is 12.2 Å². The maximum Gasteiger partial charge on any atom is 0.295 e. The SMILES string of the molecule is COc1ccc(COn2cccc(C(=O)Nc3cccc(OC)c3)c2=O)cc1. The summed E-state index contributed by atoms with van der Waals surface area (Å²) in [4.78, 5) is 30.6. The van der Waals surface area contributed by atoms with Crippen molar-refractivity contribution in [3.05, 3.63) is 88.3 Å². The number of aromatic nitrogens is 1. The number of hydrogen-bond donors (Lipinski definition) is 1. The fourth-order valence-electron chi connectivity index (χ4n) is 2.51. The lowest BCUT2D eigenvalue weighted by atomic mass is 10.2. The molecule has 0 spiro atoms. The maximum absolute atomic E-state index is 12.6. The van der Waals surface area contributed by atoms with Crippen LogP contribution in [0.1, 0.15) is 15.9 Å². The first-order valence-corrected chi connectivity index (χ1v) is 8.54. The van der Waals surface area contributed by atoms with Gasteiger partial charge in [0.25, 0.3) is 11.5 Å². The van der Waals surface area contributed by atoms with E-state index in [1.165, 1.54) is 19.4 Å². The second-order valence-electron chi connectivity index (χ2n) is 5.86. The van der Waals surface area contributed by atoms with Crippen molar-refractivity contribution in [3.63, 3.8) is 0 Å². The number of ether oxygens (including phenoxy) is 2. The molecule has 0 unspecified atom stereocenters. The van der Waals surface area contributed by atoms with Gasteiger partial charge in [-0.25, -0.2) is 0 Å². The molecule has 0 aliphatic rings. The van der Waals surface area contributed by atoms with Crippen LogP contribution < -0.4 is 25.2 Å². The number of nitrogens with zero attached hydrogens (tertiary/aromatic N) is 1.